The maximum absolute atomic E-state index is 9.37. The predicted molar refractivity (Wildman–Crippen MR) is 91.3 cm³/mol. The maximum atomic E-state index is 9.37. The molecule has 2 rings (SSSR count). The lowest BCUT2D eigenvalue weighted by molar-refractivity contribution is 0.141. The molecular weight excluding hydrogens is 284 g/mol. The predicted octanol–water partition coefficient (Wildman–Crippen LogP) is 2.73. The highest BCUT2D eigenvalue weighted by Crippen LogP contribution is 2.28. The first-order valence-corrected chi connectivity index (χ1v) is 7.68. The zero-order valence-corrected chi connectivity index (χ0v) is 14.2. The van der Waals surface area contributed by atoms with E-state index in [9.17, 15) is 5.11 Å². The van der Waals surface area contributed by atoms with Crippen LogP contribution in [0.25, 0.3) is 0 Å². The number of hydrogen-bond donors (Lipinski definition) is 2. The number of halogens is 1. The van der Waals surface area contributed by atoms with Crippen molar-refractivity contribution in [2.24, 2.45) is 0 Å². The van der Waals surface area contributed by atoms with Gasteiger partial charge in [0.15, 0.2) is 0 Å². The fraction of sp³-hybridized carbons (Fsp3) is 0.647. The van der Waals surface area contributed by atoms with Gasteiger partial charge < -0.3 is 10.4 Å². The van der Waals surface area contributed by atoms with Gasteiger partial charge in [0.25, 0.3) is 0 Å². The van der Waals surface area contributed by atoms with Crippen molar-refractivity contribution in [2.45, 2.75) is 38.6 Å². The largest absolute Gasteiger partial charge is 0.396 e. The van der Waals surface area contributed by atoms with Gasteiger partial charge in [0.2, 0.25) is 0 Å². The molecule has 0 bridgehead atoms. The van der Waals surface area contributed by atoms with Crippen molar-refractivity contribution >= 4 is 12.4 Å². The molecule has 2 N–H and O–H groups in total. The van der Waals surface area contributed by atoms with Gasteiger partial charge in [-0.25, -0.2) is 0 Å². The monoisotopic (exact) mass is 312 g/mol. The third kappa shape index (κ3) is 4.96. The lowest BCUT2D eigenvalue weighted by Crippen LogP contribution is -2.45. The van der Waals surface area contributed by atoms with E-state index in [1.807, 2.05) is 0 Å². The summed E-state index contributed by atoms with van der Waals surface area (Å²) in [5, 5.41) is 12.8. The minimum atomic E-state index is 0. The molecule has 1 aromatic rings. The molecule has 1 saturated heterocycles. The van der Waals surface area contributed by atoms with Gasteiger partial charge in [-0.05, 0) is 23.0 Å². The first-order chi connectivity index (χ1) is 9.52. The number of benzene rings is 1. The molecule has 4 heteroatoms. The number of rotatable bonds is 4. The average molecular weight is 313 g/mol. The van der Waals surface area contributed by atoms with Crippen LogP contribution in [0.15, 0.2) is 24.3 Å². The van der Waals surface area contributed by atoms with Gasteiger partial charge in [-0.15, -0.1) is 12.4 Å². The van der Waals surface area contributed by atoms with Crippen LogP contribution >= 0.6 is 12.4 Å². The van der Waals surface area contributed by atoms with Crippen LogP contribution in [0.3, 0.4) is 0 Å². The van der Waals surface area contributed by atoms with Gasteiger partial charge in [-0.1, -0.05) is 45.0 Å². The Hall–Kier alpha value is -0.610. The van der Waals surface area contributed by atoms with Crippen LogP contribution in [-0.4, -0.2) is 42.8 Å². The number of piperazine rings is 1. The third-order valence-corrected chi connectivity index (χ3v) is 4.16. The minimum Gasteiger partial charge on any atom is -0.396 e. The molecule has 1 aromatic carbocycles. The molecule has 0 spiro atoms. The summed E-state index contributed by atoms with van der Waals surface area (Å²) in [6.45, 7) is 11.2. The number of nitrogens with one attached hydrogen (secondary N) is 1. The highest BCUT2D eigenvalue weighted by atomic mass is 35.5. The van der Waals surface area contributed by atoms with Crippen LogP contribution in [0.1, 0.15) is 44.4 Å². The Morgan fingerprint density at radius 2 is 1.71 bits per heavy atom. The zero-order chi connectivity index (χ0) is 14.6. The molecule has 1 heterocycles. The Balaban J connectivity index is 0.00000220. The van der Waals surface area contributed by atoms with E-state index < -0.39 is 0 Å². The lowest BCUT2D eigenvalue weighted by Gasteiger charge is -2.35. The highest BCUT2D eigenvalue weighted by Gasteiger charge is 2.22. The van der Waals surface area contributed by atoms with Gasteiger partial charge in [-0.2, -0.15) is 0 Å². The normalized spacial score (nSPS) is 18.1. The van der Waals surface area contributed by atoms with E-state index in [4.69, 9.17) is 0 Å². The van der Waals surface area contributed by atoms with Gasteiger partial charge in [0.1, 0.15) is 0 Å². The average Bonchev–Trinajstić information content (AvgIpc) is 2.45. The van der Waals surface area contributed by atoms with Crippen LogP contribution in [-0.2, 0) is 5.41 Å². The Labute approximate surface area is 135 Å². The summed E-state index contributed by atoms with van der Waals surface area (Å²) < 4.78 is 0. The van der Waals surface area contributed by atoms with Gasteiger partial charge >= 0.3 is 0 Å². The van der Waals surface area contributed by atoms with Gasteiger partial charge in [0.05, 0.1) is 0 Å². The molecule has 0 amide bonds. The molecule has 1 atom stereocenters. The lowest BCUT2D eigenvalue weighted by atomic mass is 9.86. The van der Waals surface area contributed by atoms with Crippen LogP contribution in [0.4, 0.5) is 0 Å². The third-order valence-electron chi connectivity index (χ3n) is 4.16. The summed E-state index contributed by atoms with van der Waals surface area (Å²) in [4.78, 5) is 2.48. The van der Waals surface area contributed by atoms with E-state index in [-0.39, 0.29) is 24.4 Å². The molecule has 1 aliphatic heterocycles. The second-order valence-corrected chi connectivity index (χ2v) is 6.69. The Morgan fingerprint density at radius 3 is 2.19 bits per heavy atom. The molecule has 0 saturated carbocycles. The number of aliphatic hydroxyl groups excluding tert-OH is 1. The first-order valence-electron chi connectivity index (χ1n) is 7.68. The quantitative estimate of drug-likeness (QED) is 0.897. The van der Waals surface area contributed by atoms with E-state index in [1.165, 1.54) is 11.1 Å². The highest BCUT2D eigenvalue weighted by molar-refractivity contribution is 5.85. The van der Waals surface area contributed by atoms with E-state index in [1.54, 1.807) is 0 Å². The molecule has 0 unspecified atom stereocenters. The summed E-state index contributed by atoms with van der Waals surface area (Å²) in [5.74, 6) is 0. The number of hydrogen-bond acceptors (Lipinski definition) is 3. The summed E-state index contributed by atoms with van der Waals surface area (Å²) in [7, 11) is 0. The second-order valence-electron chi connectivity index (χ2n) is 6.69. The fourth-order valence-electron chi connectivity index (χ4n) is 2.88. The van der Waals surface area contributed by atoms with Crippen molar-refractivity contribution in [1.29, 1.82) is 0 Å². The molecule has 3 nitrogen and oxygen atoms in total. The molecule has 0 aliphatic carbocycles. The summed E-state index contributed by atoms with van der Waals surface area (Å²) >= 11 is 0. The van der Waals surface area contributed by atoms with Crippen molar-refractivity contribution < 1.29 is 5.11 Å². The molecule has 120 valence electrons. The summed E-state index contributed by atoms with van der Waals surface area (Å²) in [5.41, 5.74) is 2.89. The fourth-order valence-corrected chi connectivity index (χ4v) is 2.88. The summed E-state index contributed by atoms with van der Waals surface area (Å²) in [6.07, 6.45) is 0.814. The zero-order valence-electron chi connectivity index (χ0n) is 13.4. The minimum absolute atomic E-state index is 0. The number of nitrogens with zero attached hydrogens (tertiary/aromatic N) is 1. The van der Waals surface area contributed by atoms with E-state index in [2.05, 4.69) is 55.3 Å². The smallest absolute Gasteiger partial charge is 0.0449 e. The van der Waals surface area contributed by atoms with Gasteiger partial charge in [0, 0.05) is 38.8 Å². The van der Waals surface area contributed by atoms with Crippen LogP contribution < -0.4 is 5.32 Å². The second kappa shape index (κ2) is 8.14. The van der Waals surface area contributed by atoms with Crippen molar-refractivity contribution in [3.05, 3.63) is 35.4 Å². The Morgan fingerprint density at radius 1 is 1.14 bits per heavy atom. The SMILES string of the molecule is CC(C)(C)c1ccc([C@@H](CCO)N2CCNCC2)cc1.Cl. The first kappa shape index (κ1) is 18.4. The van der Waals surface area contributed by atoms with Crippen molar-refractivity contribution in [3.63, 3.8) is 0 Å². The topological polar surface area (TPSA) is 35.5 Å². The van der Waals surface area contributed by atoms with Crippen LogP contribution in [0, 0.1) is 0 Å². The van der Waals surface area contributed by atoms with E-state index >= 15 is 0 Å². The maximum Gasteiger partial charge on any atom is 0.0449 e. The van der Waals surface area contributed by atoms with Crippen molar-refractivity contribution in [2.75, 3.05) is 32.8 Å². The van der Waals surface area contributed by atoms with E-state index in [0.29, 0.717) is 6.04 Å². The van der Waals surface area contributed by atoms with Crippen molar-refractivity contribution in [3.8, 4) is 0 Å². The molecular formula is C17H29ClN2O. The molecule has 21 heavy (non-hydrogen) atoms. The molecule has 0 aromatic heterocycles. The van der Waals surface area contributed by atoms with Crippen LogP contribution in [0.2, 0.25) is 0 Å². The van der Waals surface area contributed by atoms with Crippen LogP contribution in [0.5, 0.6) is 0 Å². The number of aliphatic hydroxyl groups is 1. The standard InChI is InChI=1S/C17H28N2O.ClH/c1-17(2,3)15-6-4-14(5-7-15)16(8-13-20)19-11-9-18-10-12-19;/h4-7,16,18,20H,8-13H2,1-3H3;1H/t16-;/m1./s1. The van der Waals surface area contributed by atoms with Crippen molar-refractivity contribution in [1.82, 2.24) is 10.2 Å². The summed E-state index contributed by atoms with van der Waals surface area (Å²) in [6, 6.07) is 9.30. The molecule has 0 radical (unpaired) electrons. The van der Waals surface area contributed by atoms with E-state index in [0.717, 1.165) is 32.6 Å². The Bertz CT molecular complexity index is 408. The Kier molecular flexibility index (Phi) is 7.14. The molecule has 1 aliphatic rings. The molecule has 1 fully saturated rings. The van der Waals surface area contributed by atoms with Gasteiger partial charge in [-0.3, -0.25) is 4.90 Å².